The van der Waals surface area contributed by atoms with E-state index in [4.69, 9.17) is 4.74 Å². The summed E-state index contributed by atoms with van der Waals surface area (Å²) in [7, 11) is 3.69. The zero-order chi connectivity index (χ0) is 26.4. The van der Waals surface area contributed by atoms with Gasteiger partial charge in [-0.1, -0.05) is 30.3 Å². The Morgan fingerprint density at radius 1 is 1.14 bits per heavy atom. The van der Waals surface area contributed by atoms with Gasteiger partial charge in [-0.15, -0.1) is 0 Å². The van der Waals surface area contributed by atoms with Crippen molar-refractivity contribution >= 4 is 11.8 Å². The first kappa shape index (κ1) is 26.4. The van der Waals surface area contributed by atoms with Crippen molar-refractivity contribution in [3.8, 4) is 5.75 Å². The van der Waals surface area contributed by atoms with Gasteiger partial charge in [0.25, 0.3) is 0 Å². The summed E-state index contributed by atoms with van der Waals surface area (Å²) in [5.41, 5.74) is 3.19. The second-order valence-electron chi connectivity index (χ2n) is 9.82. The molecule has 8 heteroatoms. The summed E-state index contributed by atoms with van der Waals surface area (Å²) in [5, 5.41) is 4.26. The summed E-state index contributed by atoms with van der Waals surface area (Å²) in [6.45, 7) is 3.52. The summed E-state index contributed by atoms with van der Waals surface area (Å²) in [6.07, 6.45) is 3.47. The van der Waals surface area contributed by atoms with Crippen LogP contribution in [0.5, 0.6) is 5.75 Å². The van der Waals surface area contributed by atoms with Crippen LogP contribution >= 0.6 is 0 Å². The molecule has 0 unspecified atom stereocenters. The van der Waals surface area contributed by atoms with Gasteiger partial charge in [0.05, 0.1) is 6.20 Å². The summed E-state index contributed by atoms with van der Waals surface area (Å²) in [5.74, 6) is 0.133. The Morgan fingerprint density at radius 2 is 1.86 bits per heavy atom. The van der Waals surface area contributed by atoms with Crippen molar-refractivity contribution in [1.82, 2.24) is 19.6 Å². The number of carbonyl (C=O) groups is 2. The van der Waals surface area contributed by atoms with Crippen LogP contribution in [0.2, 0.25) is 0 Å². The minimum atomic E-state index is -0.328. The van der Waals surface area contributed by atoms with Gasteiger partial charge in [0.1, 0.15) is 17.7 Å². The largest absolute Gasteiger partial charge is 0.490 e. The minimum absolute atomic E-state index is 0.00171. The Balaban J connectivity index is 1.42. The number of benzene rings is 2. The molecule has 2 heterocycles. The SMILES string of the molecule is Cc1c(CCC(=O)N2CC[C@H](Oc3ccc(F)cc3)[C@@H](CC(=O)N(C)Cc3ccccc3)C2)cnn1C. The van der Waals surface area contributed by atoms with E-state index >= 15 is 0 Å². The molecule has 1 saturated heterocycles. The molecular formula is C29H35FN4O3. The molecule has 0 bridgehead atoms. The summed E-state index contributed by atoms with van der Waals surface area (Å²) in [6, 6.07) is 15.8. The maximum atomic E-state index is 13.4. The first-order valence-electron chi connectivity index (χ1n) is 12.8. The predicted octanol–water partition coefficient (Wildman–Crippen LogP) is 4.15. The summed E-state index contributed by atoms with van der Waals surface area (Å²) >= 11 is 0. The summed E-state index contributed by atoms with van der Waals surface area (Å²) < 4.78 is 21.4. The fourth-order valence-corrected chi connectivity index (χ4v) is 4.79. The van der Waals surface area contributed by atoms with Gasteiger partial charge in [0.2, 0.25) is 11.8 Å². The third-order valence-corrected chi connectivity index (χ3v) is 7.19. The molecule has 0 saturated carbocycles. The monoisotopic (exact) mass is 506 g/mol. The average molecular weight is 507 g/mol. The number of aryl methyl sites for hydroxylation is 2. The molecule has 1 aromatic heterocycles. The van der Waals surface area contributed by atoms with E-state index in [0.29, 0.717) is 44.6 Å². The molecule has 1 aliphatic heterocycles. The number of ether oxygens (including phenoxy) is 1. The number of amides is 2. The Kier molecular flexibility index (Phi) is 8.58. The van der Waals surface area contributed by atoms with Gasteiger partial charge >= 0.3 is 0 Å². The Bertz CT molecular complexity index is 1200. The lowest BCUT2D eigenvalue weighted by atomic mass is 9.90. The highest BCUT2D eigenvalue weighted by molar-refractivity contribution is 5.78. The molecule has 0 radical (unpaired) electrons. The van der Waals surface area contributed by atoms with E-state index in [0.717, 1.165) is 16.8 Å². The maximum Gasteiger partial charge on any atom is 0.223 e. The molecule has 2 aromatic carbocycles. The highest BCUT2D eigenvalue weighted by Gasteiger charge is 2.35. The molecule has 7 nitrogen and oxygen atoms in total. The zero-order valence-corrected chi connectivity index (χ0v) is 21.8. The molecule has 0 aliphatic carbocycles. The zero-order valence-electron chi connectivity index (χ0n) is 21.8. The minimum Gasteiger partial charge on any atom is -0.490 e. The van der Waals surface area contributed by atoms with E-state index in [1.54, 1.807) is 24.1 Å². The average Bonchev–Trinajstić information content (AvgIpc) is 3.22. The fraction of sp³-hybridized carbons (Fsp3) is 0.414. The molecule has 1 aliphatic rings. The Morgan fingerprint density at radius 3 is 2.54 bits per heavy atom. The van der Waals surface area contributed by atoms with Crippen molar-refractivity contribution < 1.29 is 18.7 Å². The van der Waals surface area contributed by atoms with Gasteiger partial charge < -0.3 is 14.5 Å². The molecule has 2 atom stereocenters. The number of aromatic nitrogens is 2. The predicted molar refractivity (Wildman–Crippen MR) is 139 cm³/mol. The van der Waals surface area contributed by atoms with Crippen LogP contribution in [0.4, 0.5) is 4.39 Å². The second-order valence-corrected chi connectivity index (χ2v) is 9.82. The van der Waals surface area contributed by atoms with Crippen molar-refractivity contribution in [2.45, 2.75) is 45.3 Å². The van der Waals surface area contributed by atoms with Crippen molar-refractivity contribution in [3.63, 3.8) is 0 Å². The lowest BCUT2D eigenvalue weighted by Gasteiger charge is -2.39. The number of rotatable bonds is 9. The highest BCUT2D eigenvalue weighted by Crippen LogP contribution is 2.27. The third kappa shape index (κ3) is 6.96. The number of halogens is 1. The molecule has 4 rings (SSSR count). The van der Waals surface area contributed by atoms with Gasteiger partial charge in [-0.05, 0) is 48.7 Å². The number of hydrogen-bond donors (Lipinski definition) is 0. The van der Waals surface area contributed by atoms with Gasteiger partial charge in [-0.3, -0.25) is 14.3 Å². The fourth-order valence-electron chi connectivity index (χ4n) is 4.79. The first-order chi connectivity index (χ1) is 17.8. The van der Waals surface area contributed by atoms with Crippen molar-refractivity contribution in [2.75, 3.05) is 20.1 Å². The molecule has 37 heavy (non-hydrogen) atoms. The quantitative estimate of drug-likeness (QED) is 0.437. The van der Waals surface area contributed by atoms with E-state index in [2.05, 4.69) is 5.10 Å². The number of nitrogens with zero attached hydrogens (tertiary/aromatic N) is 4. The van der Waals surface area contributed by atoms with E-state index in [1.807, 2.05) is 60.1 Å². The van der Waals surface area contributed by atoms with E-state index in [9.17, 15) is 14.0 Å². The molecule has 3 aromatic rings. The molecular weight excluding hydrogens is 471 g/mol. The number of carbonyl (C=O) groups excluding carboxylic acids is 2. The standard InChI is InChI=1S/C29H35FN4O3/c1-21-23(18-31-33(21)3)9-14-28(35)34-16-15-27(37-26-12-10-25(30)11-13-26)24(20-34)17-29(36)32(2)19-22-7-5-4-6-8-22/h4-8,10-13,18,24,27H,9,14-17,19-20H2,1-3H3/t24-,27-/m0/s1. The normalized spacial score (nSPS) is 17.5. The summed E-state index contributed by atoms with van der Waals surface area (Å²) in [4.78, 5) is 29.9. The van der Waals surface area contributed by atoms with Crippen molar-refractivity contribution in [1.29, 1.82) is 0 Å². The van der Waals surface area contributed by atoms with Crippen LogP contribution in [0, 0.1) is 18.7 Å². The Labute approximate surface area is 217 Å². The lowest BCUT2D eigenvalue weighted by Crippen LogP contribution is -2.49. The van der Waals surface area contributed by atoms with E-state index in [-0.39, 0.29) is 36.1 Å². The molecule has 2 amide bonds. The second kappa shape index (κ2) is 12.0. The highest BCUT2D eigenvalue weighted by atomic mass is 19.1. The topological polar surface area (TPSA) is 67.7 Å². The molecule has 1 fully saturated rings. The maximum absolute atomic E-state index is 13.4. The van der Waals surface area contributed by atoms with Gasteiger partial charge in [0.15, 0.2) is 0 Å². The van der Waals surface area contributed by atoms with E-state index < -0.39 is 0 Å². The van der Waals surface area contributed by atoms with Crippen LogP contribution < -0.4 is 4.74 Å². The lowest BCUT2D eigenvalue weighted by molar-refractivity contribution is -0.138. The molecule has 196 valence electrons. The number of likely N-dealkylation sites (tertiary alicyclic amines) is 1. The van der Waals surface area contributed by atoms with Crippen LogP contribution in [-0.4, -0.2) is 57.6 Å². The van der Waals surface area contributed by atoms with E-state index in [1.165, 1.54) is 12.1 Å². The first-order valence-corrected chi connectivity index (χ1v) is 12.8. The van der Waals surface area contributed by atoms with Gasteiger partial charge in [0, 0.05) is 64.6 Å². The van der Waals surface area contributed by atoms with Crippen molar-refractivity contribution in [3.05, 3.63) is 83.4 Å². The smallest absolute Gasteiger partial charge is 0.223 e. The van der Waals surface area contributed by atoms with Crippen molar-refractivity contribution in [2.24, 2.45) is 13.0 Å². The van der Waals surface area contributed by atoms with Crippen LogP contribution in [0.1, 0.15) is 36.1 Å². The van der Waals surface area contributed by atoms with Gasteiger partial charge in [-0.2, -0.15) is 5.10 Å². The number of hydrogen-bond acceptors (Lipinski definition) is 4. The third-order valence-electron chi connectivity index (χ3n) is 7.19. The number of piperidine rings is 1. The van der Waals surface area contributed by atoms with Crippen LogP contribution in [0.3, 0.4) is 0 Å². The van der Waals surface area contributed by atoms with Crippen LogP contribution in [-0.2, 0) is 29.6 Å². The van der Waals surface area contributed by atoms with Crippen LogP contribution in [0.25, 0.3) is 0 Å². The molecule has 0 N–H and O–H groups in total. The molecule has 0 spiro atoms. The van der Waals surface area contributed by atoms with Crippen LogP contribution in [0.15, 0.2) is 60.8 Å². The van der Waals surface area contributed by atoms with Gasteiger partial charge in [-0.25, -0.2) is 4.39 Å². The Hall–Kier alpha value is -3.68.